The molecule has 0 atom stereocenters. The molecular weight excluding hydrogens is 598 g/mol. The fraction of sp³-hybridized carbons (Fsp3) is 0.0667. The summed E-state index contributed by atoms with van der Waals surface area (Å²) in [5.74, 6) is 1.85. The van der Waals surface area contributed by atoms with Crippen LogP contribution in [0.3, 0.4) is 0 Å². The molecule has 0 unspecified atom stereocenters. The van der Waals surface area contributed by atoms with Gasteiger partial charge < -0.3 is 8.83 Å². The number of thiazole rings is 2. The van der Waals surface area contributed by atoms with Crippen LogP contribution in [0.25, 0.3) is 64.6 Å². The van der Waals surface area contributed by atoms with Gasteiger partial charge in [0.05, 0.1) is 31.6 Å². The van der Waals surface area contributed by atoms with Crippen LogP contribution in [0, 0.1) is 0 Å². The van der Waals surface area contributed by atoms with E-state index in [2.05, 4.69) is 9.97 Å². The topological polar surface area (TPSA) is 52.1 Å². The van der Waals surface area contributed by atoms with Crippen molar-refractivity contribution in [2.75, 3.05) is 0 Å². The van der Waals surface area contributed by atoms with E-state index in [1.165, 1.54) is 46.9 Å². The molecule has 0 amide bonds. The quantitative estimate of drug-likeness (QED) is 0.186. The average Bonchev–Trinajstić information content (AvgIpc) is 3.75. The highest BCUT2D eigenvalue weighted by Gasteiger charge is 2.31. The standard InChI is InChI=1S/C30H14F6N2O2S2/c31-29(32,33)17-5-1-15(2-6-17)21-9-11-23(39-21)27-37-19-13-26-20(14-25(19)41-27)38-28(42-26)24-12-10-22(40-24)16-3-7-18(8-4-16)30(34,35)36/h1-14H. The van der Waals surface area contributed by atoms with Gasteiger partial charge in [0.25, 0.3) is 0 Å². The molecular formula is C30H14F6N2O2S2. The molecule has 0 aliphatic rings. The number of alkyl halides is 6. The van der Waals surface area contributed by atoms with Crippen molar-refractivity contribution in [3.05, 3.63) is 96.1 Å². The van der Waals surface area contributed by atoms with Gasteiger partial charge in [-0.25, -0.2) is 9.97 Å². The number of benzene rings is 3. The third kappa shape index (κ3) is 4.86. The SMILES string of the molecule is FC(F)(F)c1ccc(-c2ccc(-c3nc4cc5sc(-c6ccc(-c7ccc(C(F)(F)F)cc7)o6)nc5cc4s3)o2)cc1. The molecule has 0 spiro atoms. The number of aromatic nitrogens is 2. The van der Waals surface area contributed by atoms with Gasteiger partial charge >= 0.3 is 12.4 Å². The Balaban J connectivity index is 1.14. The summed E-state index contributed by atoms with van der Waals surface area (Å²) in [6, 6.07) is 20.2. The van der Waals surface area contributed by atoms with Gasteiger partial charge in [0.1, 0.15) is 11.5 Å². The van der Waals surface area contributed by atoms with E-state index in [0.29, 0.717) is 44.2 Å². The molecule has 3 aromatic carbocycles. The fourth-order valence-electron chi connectivity index (χ4n) is 4.42. The van der Waals surface area contributed by atoms with Gasteiger partial charge in [0.2, 0.25) is 0 Å². The lowest BCUT2D eigenvalue weighted by molar-refractivity contribution is -0.138. The molecule has 12 heteroatoms. The number of rotatable bonds is 4. The molecule has 0 aliphatic heterocycles. The predicted octanol–water partition coefficient (Wildman–Crippen LogP) is 10.8. The Bertz CT molecular complexity index is 1870. The van der Waals surface area contributed by atoms with Gasteiger partial charge in [-0.1, -0.05) is 24.3 Å². The number of furan rings is 2. The first-order valence-electron chi connectivity index (χ1n) is 12.3. The summed E-state index contributed by atoms with van der Waals surface area (Å²) in [4.78, 5) is 9.38. The van der Waals surface area contributed by atoms with Crippen LogP contribution < -0.4 is 0 Å². The van der Waals surface area contributed by atoms with Crippen molar-refractivity contribution in [2.45, 2.75) is 12.4 Å². The van der Waals surface area contributed by atoms with Crippen molar-refractivity contribution < 1.29 is 35.2 Å². The van der Waals surface area contributed by atoms with Crippen LogP contribution in [0.15, 0.2) is 93.8 Å². The summed E-state index contributed by atoms with van der Waals surface area (Å²) in [5.41, 5.74) is 1.05. The van der Waals surface area contributed by atoms with Gasteiger partial charge in [-0.05, 0) is 60.7 Å². The Morgan fingerprint density at radius 1 is 0.476 bits per heavy atom. The van der Waals surface area contributed by atoms with E-state index in [9.17, 15) is 26.3 Å². The Kier molecular flexibility index (Phi) is 6.03. The first-order valence-corrected chi connectivity index (χ1v) is 13.9. The second-order valence-corrected chi connectivity index (χ2v) is 11.4. The summed E-state index contributed by atoms with van der Waals surface area (Å²) >= 11 is 2.79. The van der Waals surface area contributed by atoms with E-state index >= 15 is 0 Å². The number of halogens is 6. The lowest BCUT2D eigenvalue weighted by Gasteiger charge is -2.06. The third-order valence-corrected chi connectivity index (χ3v) is 8.59. The van der Waals surface area contributed by atoms with Crippen molar-refractivity contribution in [2.24, 2.45) is 0 Å². The highest BCUT2D eigenvalue weighted by Crippen LogP contribution is 2.40. The molecule has 0 fully saturated rings. The monoisotopic (exact) mass is 612 g/mol. The average molecular weight is 613 g/mol. The van der Waals surface area contributed by atoms with Gasteiger partial charge in [0, 0.05) is 11.1 Å². The van der Waals surface area contributed by atoms with Gasteiger partial charge in [-0.2, -0.15) is 26.3 Å². The van der Waals surface area contributed by atoms with E-state index in [1.54, 1.807) is 24.3 Å². The molecule has 0 radical (unpaired) electrons. The summed E-state index contributed by atoms with van der Waals surface area (Å²) in [6.07, 6.45) is -8.82. The van der Waals surface area contributed by atoms with Crippen molar-refractivity contribution in [3.63, 3.8) is 0 Å². The minimum Gasteiger partial charge on any atom is -0.454 e. The Hall–Kier alpha value is -4.42. The summed E-state index contributed by atoms with van der Waals surface area (Å²) in [7, 11) is 0. The normalized spacial score (nSPS) is 12.5. The molecule has 0 saturated carbocycles. The largest absolute Gasteiger partial charge is 0.454 e. The summed E-state index contributed by atoms with van der Waals surface area (Å²) in [5, 5.41) is 1.24. The zero-order chi connectivity index (χ0) is 29.2. The van der Waals surface area contributed by atoms with E-state index in [1.807, 2.05) is 12.1 Å². The molecule has 0 aliphatic carbocycles. The third-order valence-electron chi connectivity index (χ3n) is 6.52. The smallest absolute Gasteiger partial charge is 0.416 e. The Morgan fingerprint density at radius 2 is 0.833 bits per heavy atom. The molecule has 4 nitrogen and oxygen atoms in total. The molecule has 7 rings (SSSR count). The van der Waals surface area contributed by atoms with Gasteiger partial charge in [-0.15, -0.1) is 22.7 Å². The van der Waals surface area contributed by atoms with Crippen LogP contribution >= 0.6 is 22.7 Å². The lowest BCUT2D eigenvalue weighted by Crippen LogP contribution is -2.03. The lowest BCUT2D eigenvalue weighted by atomic mass is 10.1. The molecule has 0 N–H and O–H groups in total. The molecule has 7 aromatic rings. The van der Waals surface area contributed by atoms with Crippen LogP contribution in [0.4, 0.5) is 26.3 Å². The van der Waals surface area contributed by atoms with Gasteiger partial charge in [0.15, 0.2) is 21.5 Å². The molecule has 4 heterocycles. The molecule has 0 bridgehead atoms. The van der Waals surface area contributed by atoms with E-state index in [0.717, 1.165) is 44.7 Å². The zero-order valence-corrected chi connectivity index (χ0v) is 22.5. The van der Waals surface area contributed by atoms with Crippen molar-refractivity contribution in [1.29, 1.82) is 0 Å². The molecule has 210 valence electrons. The second-order valence-electron chi connectivity index (χ2n) is 9.30. The predicted molar refractivity (Wildman–Crippen MR) is 149 cm³/mol. The van der Waals surface area contributed by atoms with Crippen molar-refractivity contribution in [1.82, 2.24) is 9.97 Å². The first kappa shape index (κ1) is 26.5. The minimum absolute atomic E-state index is 0.430. The van der Waals surface area contributed by atoms with Gasteiger partial charge in [-0.3, -0.25) is 0 Å². The zero-order valence-electron chi connectivity index (χ0n) is 20.9. The fourth-order valence-corrected chi connectivity index (χ4v) is 6.31. The van der Waals surface area contributed by atoms with Crippen LogP contribution in [0.1, 0.15) is 11.1 Å². The van der Waals surface area contributed by atoms with Crippen LogP contribution in [-0.4, -0.2) is 9.97 Å². The Labute approximate surface area is 240 Å². The Morgan fingerprint density at radius 3 is 1.19 bits per heavy atom. The van der Waals surface area contributed by atoms with E-state index in [-0.39, 0.29) is 0 Å². The maximum Gasteiger partial charge on any atom is 0.416 e. The van der Waals surface area contributed by atoms with Crippen LogP contribution in [-0.2, 0) is 12.4 Å². The minimum atomic E-state index is -4.41. The maximum atomic E-state index is 12.9. The second kappa shape index (κ2) is 9.57. The number of hydrogen-bond donors (Lipinski definition) is 0. The number of fused-ring (bicyclic) bond motifs is 2. The highest BCUT2D eigenvalue weighted by molar-refractivity contribution is 7.23. The molecule has 4 aromatic heterocycles. The summed E-state index contributed by atoms with van der Waals surface area (Å²) < 4.78 is 90.8. The van der Waals surface area contributed by atoms with Crippen molar-refractivity contribution >= 4 is 43.1 Å². The molecule has 42 heavy (non-hydrogen) atoms. The highest BCUT2D eigenvalue weighted by atomic mass is 32.1. The first-order chi connectivity index (χ1) is 20.0. The number of hydrogen-bond acceptors (Lipinski definition) is 6. The van der Waals surface area contributed by atoms with Crippen LogP contribution in [0.5, 0.6) is 0 Å². The number of nitrogens with zero attached hydrogens (tertiary/aromatic N) is 2. The maximum absolute atomic E-state index is 12.9. The van der Waals surface area contributed by atoms with Crippen LogP contribution in [0.2, 0.25) is 0 Å². The van der Waals surface area contributed by atoms with E-state index < -0.39 is 23.5 Å². The van der Waals surface area contributed by atoms with E-state index in [4.69, 9.17) is 8.83 Å². The molecule has 0 saturated heterocycles. The van der Waals surface area contributed by atoms with Crippen molar-refractivity contribution in [3.8, 4) is 44.2 Å². The summed E-state index contributed by atoms with van der Waals surface area (Å²) in [6.45, 7) is 0.